The molecule has 3 aliphatic heterocycles. The third kappa shape index (κ3) is 3.43. The van der Waals surface area contributed by atoms with Crippen LogP contribution in [0.3, 0.4) is 0 Å². The lowest BCUT2D eigenvalue weighted by atomic mass is 10.1. The molecule has 0 bridgehead atoms. The minimum atomic E-state index is -0.369. The van der Waals surface area contributed by atoms with Crippen molar-refractivity contribution in [2.75, 3.05) is 49.2 Å². The molecule has 7 heteroatoms. The number of amides is 2. The molecule has 0 aromatic heterocycles. The molecule has 1 N–H and O–H groups in total. The summed E-state index contributed by atoms with van der Waals surface area (Å²) in [5.74, 6) is 0.702. The molecule has 3 fully saturated rings. The summed E-state index contributed by atoms with van der Waals surface area (Å²) in [5, 5.41) is 3.07. The van der Waals surface area contributed by atoms with Gasteiger partial charge in [0, 0.05) is 49.7 Å². The quantitative estimate of drug-likeness (QED) is 0.860. The summed E-state index contributed by atoms with van der Waals surface area (Å²) >= 11 is 1.73. The number of aryl methyl sites for hydroxylation is 1. The van der Waals surface area contributed by atoms with Gasteiger partial charge in [-0.3, -0.25) is 9.59 Å². The normalized spacial score (nSPS) is 28.6. The number of nitrogens with zero attached hydrogens (tertiary/aromatic N) is 3. The predicted octanol–water partition coefficient (Wildman–Crippen LogP) is 2.14. The van der Waals surface area contributed by atoms with Crippen LogP contribution in [0.4, 0.5) is 11.4 Å². The van der Waals surface area contributed by atoms with Crippen LogP contribution in [-0.4, -0.2) is 71.5 Å². The highest BCUT2D eigenvalue weighted by Crippen LogP contribution is 2.47. The zero-order valence-electron chi connectivity index (χ0n) is 16.3. The first kappa shape index (κ1) is 18.6. The maximum Gasteiger partial charge on any atom is 0.248 e. The molecule has 1 aromatic rings. The molecule has 6 nitrogen and oxygen atoms in total. The van der Waals surface area contributed by atoms with E-state index in [1.807, 2.05) is 13.0 Å². The highest BCUT2D eigenvalue weighted by molar-refractivity contribution is 8.01. The molecule has 0 radical (unpaired) electrons. The molecule has 2 atom stereocenters. The summed E-state index contributed by atoms with van der Waals surface area (Å²) in [6.45, 7) is 8.29. The second-order valence-corrected chi connectivity index (χ2v) is 9.55. The van der Waals surface area contributed by atoms with E-state index in [-0.39, 0.29) is 22.7 Å². The third-order valence-corrected chi connectivity index (χ3v) is 7.59. The first-order valence-electron chi connectivity index (χ1n) is 9.68. The van der Waals surface area contributed by atoms with Crippen molar-refractivity contribution in [2.24, 2.45) is 0 Å². The topological polar surface area (TPSA) is 55.9 Å². The fraction of sp³-hybridized carbons (Fsp3) is 0.600. The lowest BCUT2D eigenvalue weighted by Gasteiger charge is -2.34. The zero-order valence-corrected chi connectivity index (χ0v) is 17.1. The molecule has 2 amide bonds. The summed E-state index contributed by atoms with van der Waals surface area (Å²) in [6.07, 6.45) is 1.38. The number of benzene rings is 1. The standard InChI is InChI=1S/C20H28N4O2S/c1-14-12-15(23-10-8-22(3)9-11-23)4-5-16(14)21-19(26)17-13-27-20(2)7-6-18(25)24(17)20/h4-5,12,17H,6-11,13H2,1-3H3,(H,21,26). The molecule has 3 saturated heterocycles. The molecule has 3 heterocycles. The Hall–Kier alpha value is -1.73. The number of hydrogen-bond donors (Lipinski definition) is 1. The lowest BCUT2D eigenvalue weighted by molar-refractivity contribution is -0.135. The van der Waals surface area contributed by atoms with Gasteiger partial charge in [0.05, 0.1) is 4.87 Å². The van der Waals surface area contributed by atoms with Gasteiger partial charge in [-0.2, -0.15) is 0 Å². The summed E-state index contributed by atoms with van der Waals surface area (Å²) < 4.78 is 0. The van der Waals surface area contributed by atoms with E-state index in [2.05, 4.69) is 41.2 Å². The summed E-state index contributed by atoms with van der Waals surface area (Å²) in [7, 11) is 2.15. The number of hydrogen-bond acceptors (Lipinski definition) is 5. The molecule has 1 aromatic carbocycles. The minimum Gasteiger partial charge on any atom is -0.369 e. The van der Waals surface area contributed by atoms with Crippen molar-refractivity contribution in [1.82, 2.24) is 9.80 Å². The molecule has 3 aliphatic rings. The van der Waals surface area contributed by atoms with Gasteiger partial charge in [-0.15, -0.1) is 11.8 Å². The van der Waals surface area contributed by atoms with Crippen molar-refractivity contribution in [1.29, 1.82) is 0 Å². The van der Waals surface area contributed by atoms with Gasteiger partial charge in [0.25, 0.3) is 0 Å². The summed E-state index contributed by atoms with van der Waals surface area (Å²) in [6, 6.07) is 5.86. The van der Waals surface area contributed by atoms with Gasteiger partial charge >= 0.3 is 0 Å². The van der Waals surface area contributed by atoms with Crippen molar-refractivity contribution in [3.8, 4) is 0 Å². The zero-order chi connectivity index (χ0) is 19.2. The summed E-state index contributed by atoms with van der Waals surface area (Å²) in [4.78, 5) is 31.5. The molecule has 4 rings (SSSR count). The average Bonchev–Trinajstić information content (AvgIpc) is 3.13. The van der Waals surface area contributed by atoms with Crippen LogP contribution in [0.25, 0.3) is 0 Å². The number of nitrogens with one attached hydrogen (secondary N) is 1. The smallest absolute Gasteiger partial charge is 0.248 e. The van der Waals surface area contributed by atoms with Crippen molar-refractivity contribution >= 4 is 35.0 Å². The number of fused-ring (bicyclic) bond motifs is 1. The Bertz CT molecular complexity index is 762. The molecule has 146 valence electrons. The largest absolute Gasteiger partial charge is 0.369 e. The lowest BCUT2D eigenvalue weighted by Crippen LogP contribution is -2.48. The highest BCUT2D eigenvalue weighted by atomic mass is 32.2. The van der Waals surface area contributed by atoms with Crippen molar-refractivity contribution < 1.29 is 9.59 Å². The van der Waals surface area contributed by atoms with Gasteiger partial charge in [0.15, 0.2) is 0 Å². The van der Waals surface area contributed by atoms with E-state index in [1.165, 1.54) is 5.69 Å². The molecule has 0 spiro atoms. The Morgan fingerprint density at radius 2 is 2.00 bits per heavy atom. The molecule has 0 saturated carbocycles. The van der Waals surface area contributed by atoms with E-state index in [0.29, 0.717) is 12.2 Å². The SMILES string of the molecule is Cc1cc(N2CCN(C)CC2)ccc1NC(=O)C1CSC2(C)CCC(=O)N12. The van der Waals surface area contributed by atoms with Crippen LogP contribution in [0.2, 0.25) is 0 Å². The molecule has 0 aliphatic carbocycles. The molecule has 27 heavy (non-hydrogen) atoms. The number of carbonyl (C=O) groups excluding carboxylic acids is 2. The molecular weight excluding hydrogens is 360 g/mol. The number of likely N-dealkylation sites (N-methyl/N-ethyl adjacent to an activating group) is 1. The second-order valence-electron chi connectivity index (χ2n) is 8.04. The van der Waals surface area contributed by atoms with E-state index in [0.717, 1.165) is 43.9 Å². The first-order valence-corrected chi connectivity index (χ1v) is 10.7. The number of rotatable bonds is 3. The highest BCUT2D eigenvalue weighted by Gasteiger charge is 2.52. The summed E-state index contributed by atoms with van der Waals surface area (Å²) in [5.41, 5.74) is 3.10. The van der Waals surface area contributed by atoms with Gasteiger partial charge < -0.3 is 20.0 Å². The number of thioether (sulfide) groups is 1. The van der Waals surface area contributed by atoms with Crippen molar-refractivity contribution in [3.63, 3.8) is 0 Å². The fourth-order valence-electron chi connectivity index (χ4n) is 4.28. The monoisotopic (exact) mass is 388 g/mol. The van der Waals surface area contributed by atoms with Gasteiger partial charge in [0.1, 0.15) is 6.04 Å². The van der Waals surface area contributed by atoms with Gasteiger partial charge in [0.2, 0.25) is 11.8 Å². The maximum atomic E-state index is 12.9. The first-order chi connectivity index (χ1) is 12.9. The Kier molecular flexibility index (Phi) is 4.84. The predicted molar refractivity (Wildman–Crippen MR) is 110 cm³/mol. The number of piperazine rings is 1. The van der Waals surface area contributed by atoms with Gasteiger partial charge in [-0.1, -0.05) is 0 Å². The minimum absolute atomic E-state index is 0.0723. The van der Waals surface area contributed by atoms with Crippen LogP contribution in [-0.2, 0) is 9.59 Å². The number of anilines is 2. The van der Waals surface area contributed by atoms with Crippen LogP contribution in [0, 0.1) is 6.92 Å². The van der Waals surface area contributed by atoms with Crippen LogP contribution in [0.5, 0.6) is 0 Å². The van der Waals surface area contributed by atoms with Gasteiger partial charge in [-0.05, 0) is 51.1 Å². The van der Waals surface area contributed by atoms with E-state index in [1.54, 1.807) is 16.7 Å². The van der Waals surface area contributed by atoms with E-state index < -0.39 is 0 Å². The Morgan fingerprint density at radius 1 is 1.26 bits per heavy atom. The third-order valence-electron chi connectivity index (χ3n) is 6.08. The average molecular weight is 389 g/mol. The fourth-order valence-corrected chi connectivity index (χ4v) is 5.71. The Balaban J connectivity index is 1.45. The Morgan fingerprint density at radius 3 is 2.70 bits per heavy atom. The molecule has 2 unspecified atom stereocenters. The maximum absolute atomic E-state index is 12.9. The van der Waals surface area contributed by atoms with Gasteiger partial charge in [-0.25, -0.2) is 0 Å². The van der Waals surface area contributed by atoms with Crippen molar-refractivity contribution in [2.45, 2.75) is 37.6 Å². The number of carbonyl (C=O) groups is 2. The van der Waals surface area contributed by atoms with E-state index in [4.69, 9.17) is 0 Å². The molecular formula is C20H28N4O2S. The van der Waals surface area contributed by atoms with Crippen LogP contribution in [0.15, 0.2) is 18.2 Å². The van der Waals surface area contributed by atoms with Crippen molar-refractivity contribution in [3.05, 3.63) is 23.8 Å². The van der Waals surface area contributed by atoms with Crippen LogP contribution < -0.4 is 10.2 Å². The second kappa shape index (κ2) is 7.02. The van der Waals surface area contributed by atoms with Crippen LogP contribution in [0.1, 0.15) is 25.3 Å². The van der Waals surface area contributed by atoms with E-state index in [9.17, 15) is 9.59 Å². The van der Waals surface area contributed by atoms with E-state index >= 15 is 0 Å². The Labute approximate surface area is 165 Å². The van der Waals surface area contributed by atoms with Crippen LogP contribution >= 0.6 is 11.8 Å².